The fourth-order valence-electron chi connectivity index (χ4n) is 7.32. The highest BCUT2D eigenvalue weighted by molar-refractivity contribution is 6.12. The van der Waals surface area contributed by atoms with Crippen molar-refractivity contribution in [3.63, 3.8) is 0 Å². The van der Waals surface area contributed by atoms with E-state index in [-0.39, 0.29) is 0 Å². The van der Waals surface area contributed by atoms with Gasteiger partial charge in [-0.05, 0) is 66.2 Å². The van der Waals surface area contributed by atoms with Gasteiger partial charge in [-0.2, -0.15) is 0 Å². The standard InChI is InChI=1S/C47H31N5/c1-4-15-33(16-5-1)45-48-46(34-17-6-2-7-18-34)50-47(49-45)35-26-28-38(29-27-35)51-41-22-12-10-14-32(41)24-25-36-30-44-40(31-43(36)51)39-21-11-13-23-42(39)52(44)37-19-8-3-9-20-37/h1-31H. The minimum Gasteiger partial charge on any atom is -0.309 e. The normalized spacial score (nSPS) is 12.1. The van der Waals surface area contributed by atoms with Crippen molar-refractivity contribution in [1.29, 1.82) is 0 Å². The van der Waals surface area contributed by atoms with Crippen molar-refractivity contribution in [2.24, 2.45) is 0 Å². The molecule has 0 fully saturated rings. The summed E-state index contributed by atoms with van der Waals surface area (Å²) in [7, 11) is 0. The van der Waals surface area contributed by atoms with E-state index in [4.69, 9.17) is 15.0 Å². The molecule has 0 saturated carbocycles. The third kappa shape index (κ3) is 5.07. The van der Waals surface area contributed by atoms with Crippen LogP contribution in [-0.4, -0.2) is 19.5 Å². The van der Waals surface area contributed by atoms with E-state index in [1.807, 2.05) is 60.7 Å². The van der Waals surface area contributed by atoms with Gasteiger partial charge in [-0.1, -0.05) is 127 Å². The Morgan fingerprint density at radius 3 is 1.56 bits per heavy atom. The van der Waals surface area contributed by atoms with Gasteiger partial charge in [0, 0.05) is 44.4 Å². The summed E-state index contributed by atoms with van der Waals surface area (Å²) in [4.78, 5) is 17.2. The highest BCUT2D eigenvalue weighted by Crippen LogP contribution is 2.45. The molecule has 5 heteroatoms. The van der Waals surface area contributed by atoms with Crippen LogP contribution in [0.15, 0.2) is 176 Å². The minimum atomic E-state index is 0.632. The van der Waals surface area contributed by atoms with Gasteiger partial charge in [0.15, 0.2) is 17.5 Å². The number of fused-ring (bicyclic) bond motifs is 5. The summed E-state index contributed by atoms with van der Waals surface area (Å²) in [5.74, 6) is 1.93. The van der Waals surface area contributed by atoms with Gasteiger partial charge >= 0.3 is 0 Å². The summed E-state index contributed by atoms with van der Waals surface area (Å²) in [5, 5.41) is 2.43. The third-order valence-electron chi connectivity index (χ3n) is 9.78. The van der Waals surface area contributed by atoms with Gasteiger partial charge in [-0.15, -0.1) is 0 Å². The van der Waals surface area contributed by atoms with Crippen molar-refractivity contribution in [2.75, 3.05) is 4.90 Å². The number of hydrogen-bond acceptors (Lipinski definition) is 4. The summed E-state index contributed by atoms with van der Waals surface area (Å²) in [6, 6.07) is 61.4. The van der Waals surface area contributed by atoms with Crippen LogP contribution in [-0.2, 0) is 0 Å². The number of anilines is 3. The number of rotatable bonds is 5. The fraction of sp³-hybridized carbons (Fsp3) is 0. The average molecular weight is 666 g/mol. The minimum absolute atomic E-state index is 0.632. The van der Waals surface area contributed by atoms with E-state index >= 15 is 0 Å². The molecular formula is C47H31N5. The number of para-hydroxylation sites is 3. The van der Waals surface area contributed by atoms with Crippen LogP contribution in [0.4, 0.5) is 17.1 Å². The van der Waals surface area contributed by atoms with Gasteiger partial charge in [0.2, 0.25) is 0 Å². The Morgan fingerprint density at radius 2 is 0.885 bits per heavy atom. The van der Waals surface area contributed by atoms with Crippen LogP contribution in [0.1, 0.15) is 11.1 Å². The van der Waals surface area contributed by atoms with E-state index in [1.54, 1.807) is 0 Å². The zero-order valence-electron chi connectivity index (χ0n) is 28.1. The first-order chi connectivity index (χ1) is 25.8. The van der Waals surface area contributed by atoms with E-state index in [9.17, 15) is 0 Å². The molecule has 52 heavy (non-hydrogen) atoms. The van der Waals surface area contributed by atoms with Crippen molar-refractivity contribution < 1.29 is 0 Å². The highest BCUT2D eigenvalue weighted by atomic mass is 15.1. The van der Waals surface area contributed by atoms with Crippen molar-refractivity contribution in [3.8, 4) is 39.9 Å². The Hall–Kier alpha value is -7.11. The number of aromatic nitrogens is 4. The predicted octanol–water partition coefficient (Wildman–Crippen LogP) is 11.9. The van der Waals surface area contributed by atoms with Crippen molar-refractivity contribution in [1.82, 2.24) is 19.5 Å². The predicted molar refractivity (Wildman–Crippen MR) is 214 cm³/mol. The molecule has 1 aliphatic rings. The molecule has 0 spiro atoms. The lowest BCUT2D eigenvalue weighted by Crippen LogP contribution is -2.12. The van der Waals surface area contributed by atoms with E-state index < -0.39 is 0 Å². The zero-order chi connectivity index (χ0) is 34.4. The van der Waals surface area contributed by atoms with Crippen LogP contribution in [0.2, 0.25) is 0 Å². The van der Waals surface area contributed by atoms with E-state index in [0.29, 0.717) is 17.5 Å². The molecule has 0 N–H and O–H groups in total. The third-order valence-corrected chi connectivity index (χ3v) is 9.78. The molecule has 1 aliphatic heterocycles. The van der Waals surface area contributed by atoms with Gasteiger partial charge in [0.05, 0.1) is 22.4 Å². The quantitative estimate of drug-likeness (QED) is 0.184. The van der Waals surface area contributed by atoms with Gasteiger partial charge in [0.25, 0.3) is 0 Å². The summed E-state index contributed by atoms with van der Waals surface area (Å²) < 4.78 is 2.37. The van der Waals surface area contributed by atoms with E-state index in [2.05, 4.69) is 137 Å². The van der Waals surface area contributed by atoms with Crippen LogP contribution in [0.25, 0.3) is 73.8 Å². The average Bonchev–Trinajstić information content (AvgIpc) is 3.45. The van der Waals surface area contributed by atoms with Gasteiger partial charge in [-0.25, -0.2) is 15.0 Å². The summed E-state index contributed by atoms with van der Waals surface area (Å²) in [6.07, 6.45) is 4.47. The van der Waals surface area contributed by atoms with Gasteiger partial charge in [-0.3, -0.25) is 0 Å². The van der Waals surface area contributed by atoms with Crippen LogP contribution < -0.4 is 4.90 Å². The van der Waals surface area contributed by atoms with Crippen LogP contribution in [0.5, 0.6) is 0 Å². The van der Waals surface area contributed by atoms with E-state index in [0.717, 1.165) is 50.6 Å². The molecule has 10 rings (SSSR count). The number of hydrogen-bond donors (Lipinski definition) is 0. The first-order valence-corrected chi connectivity index (χ1v) is 17.5. The summed E-state index contributed by atoms with van der Waals surface area (Å²) in [6.45, 7) is 0. The molecule has 0 radical (unpaired) electrons. The summed E-state index contributed by atoms with van der Waals surface area (Å²) >= 11 is 0. The lowest BCUT2D eigenvalue weighted by atomic mass is 10.1. The molecule has 7 aromatic carbocycles. The largest absolute Gasteiger partial charge is 0.309 e. The Bertz CT molecular complexity index is 2710. The van der Waals surface area contributed by atoms with Crippen molar-refractivity contribution >= 4 is 51.0 Å². The van der Waals surface area contributed by atoms with Crippen LogP contribution in [0, 0.1) is 0 Å². The molecular weight excluding hydrogens is 635 g/mol. The second-order valence-corrected chi connectivity index (χ2v) is 12.9. The lowest BCUT2D eigenvalue weighted by Gasteiger charge is -2.27. The smallest absolute Gasteiger partial charge is 0.164 e. The molecule has 3 heterocycles. The van der Waals surface area contributed by atoms with Crippen molar-refractivity contribution in [3.05, 3.63) is 187 Å². The first kappa shape index (κ1) is 29.8. The molecule has 0 atom stereocenters. The zero-order valence-corrected chi connectivity index (χ0v) is 28.1. The Morgan fingerprint density at radius 1 is 0.346 bits per heavy atom. The monoisotopic (exact) mass is 665 g/mol. The summed E-state index contributed by atoms with van der Waals surface area (Å²) in [5.41, 5.74) is 11.9. The molecule has 0 amide bonds. The Labute approximate surface area is 301 Å². The molecule has 244 valence electrons. The lowest BCUT2D eigenvalue weighted by molar-refractivity contribution is 1.07. The van der Waals surface area contributed by atoms with Gasteiger partial charge < -0.3 is 9.47 Å². The second kappa shape index (κ2) is 12.3. The maximum Gasteiger partial charge on any atom is 0.164 e. The molecule has 2 aromatic heterocycles. The van der Waals surface area contributed by atoms with Crippen molar-refractivity contribution in [2.45, 2.75) is 0 Å². The SMILES string of the molecule is C1=Cc2cc3c(cc2N(c2ccc(-c4nc(-c5ccccc5)nc(-c5ccccc5)n4)cc2)c2ccccc21)c1ccccc1n3-c1ccccc1. The molecule has 5 nitrogen and oxygen atoms in total. The molecule has 0 unspecified atom stereocenters. The number of benzene rings is 7. The molecule has 9 aromatic rings. The molecule has 0 saturated heterocycles. The Kier molecular flexibility index (Phi) is 7.07. The topological polar surface area (TPSA) is 46.8 Å². The Balaban J connectivity index is 1.14. The molecule has 0 aliphatic carbocycles. The maximum absolute atomic E-state index is 4.97. The first-order valence-electron chi connectivity index (χ1n) is 17.5. The van der Waals surface area contributed by atoms with Crippen LogP contribution in [0.3, 0.4) is 0 Å². The van der Waals surface area contributed by atoms with E-state index in [1.165, 1.54) is 21.8 Å². The number of nitrogens with zero attached hydrogens (tertiary/aromatic N) is 5. The highest BCUT2D eigenvalue weighted by Gasteiger charge is 2.23. The second-order valence-electron chi connectivity index (χ2n) is 12.9. The molecule has 0 bridgehead atoms. The maximum atomic E-state index is 4.97. The van der Waals surface area contributed by atoms with Gasteiger partial charge in [0.1, 0.15) is 0 Å². The fourth-order valence-corrected chi connectivity index (χ4v) is 7.32. The van der Waals surface area contributed by atoms with Crippen LogP contribution >= 0.6 is 0 Å².